The Balaban J connectivity index is 2.89. The molecule has 0 spiro atoms. The lowest BCUT2D eigenvalue weighted by molar-refractivity contribution is 0.533. The molecule has 1 aromatic rings. The van der Waals surface area contributed by atoms with Crippen molar-refractivity contribution in [2.75, 3.05) is 5.43 Å². The fourth-order valence-corrected chi connectivity index (χ4v) is 0.741. The standard InChI is InChI=1S/C8H10N4O/c1-5(2)11-12-8-7(4-9)10-6(3)13-8/h12H,1-3H3. The number of hydrazone groups is 1. The molecule has 13 heavy (non-hydrogen) atoms. The van der Waals surface area contributed by atoms with Crippen LogP contribution in [0.25, 0.3) is 0 Å². The summed E-state index contributed by atoms with van der Waals surface area (Å²) < 4.78 is 5.10. The van der Waals surface area contributed by atoms with E-state index in [1.807, 2.05) is 19.9 Å². The second kappa shape index (κ2) is 3.72. The van der Waals surface area contributed by atoms with E-state index in [0.29, 0.717) is 11.8 Å². The molecule has 0 saturated carbocycles. The minimum atomic E-state index is 0.225. The molecule has 1 rings (SSSR count). The van der Waals surface area contributed by atoms with Gasteiger partial charge in [-0.2, -0.15) is 10.4 Å². The van der Waals surface area contributed by atoms with Gasteiger partial charge >= 0.3 is 0 Å². The van der Waals surface area contributed by atoms with Crippen LogP contribution in [0.5, 0.6) is 0 Å². The lowest BCUT2D eigenvalue weighted by Gasteiger charge is -1.94. The molecular formula is C8H10N4O. The third kappa shape index (κ3) is 2.30. The Labute approximate surface area is 76.1 Å². The molecule has 5 heteroatoms. The molecule has 0 aliphatic rings. The van der Waals surface area contributed by atoms with E-state index in [0.717, 1.165) is 5.71 Å². The highest BCUT2D eigenvalue weighted by molar-refractivity contribution is 5.79. The summed E-state index contributed by atoms with van der Waals surface area (Å²) in [4.78, 5) is 3.85. The average Bonchev–Trinajstić information content (AvgIpc) is 2.42. The molecule has 1 heterocycles. The number of nitrogens with zero attached hydrogens (tertiary/aromatic N) is 3. The van der Waals surface area contributed by atoms with Crippen LogP contribution in [0.1, 0.15) is 25.4 Å². The number of anilines is 1. The smallest absolute Gasteiger partial charge is 0.252 e. The molecule has 68 valence electrons. The van der Waals surface area contributed by atoms with Gasteiger partial charge in [0.2, 0.25) is 5.69 Å². The monoisotopic (exact) mass is 178 g/mol. The predicted molar refractivity (Wildman–Crippen MR) is 48.4 cm³/mol. The summed E-state index contributed by atoms with van der Waals surface area (Å²) in [6, 6.07) is 1.90. The first-order valence-electron chi connectivity index (χ1n) is 3.78. The second-order valence-corrected chi connectivity index (χ2v) is 2.69. The van der Waals surface area contributed by atoms with E-state index in [4.69, 9.17) is 9.68 Å². The molecule has 0 radical (unpaired) electrons. The van der Waals surface area contributed by atoms with E-state index < -0.39 is 0 Å². The third-order valence-electron chi connectivity index (χ3n) is 1.22. The Morgan fingerprint density at radius 1 is 1.62 bits per heavy atom. The number of nitrogens with one attached hydrogen (secondary N) is 1. The van der Waals surface area contributed by atoms with Gasteiger partial charge in [-0.15, -0.1) is 0 Å². The highest BCUT2D eigenvalue weighted by atomic mass is 16.4. The normalized spacial score (nSPS) is 9.08. The van der Waals surface area contributed by atoms with Gasteiger partial charge in [-0.25, -0.2) is 10.4 Å². The van der Waals surface area contributed by atoms with Gasteiger partial charge in [-0.1, -0.05) is 0 Å². The van der Waals surface area contributed by atoms with Crippen molar-refractivity contribution in [3.8, 4) is 6.07 Å². The van der Waals surface area contributed by atoms with Crippen molar-refractivity contribution < 1.29 is 4.42 Å². The van der Waals surface area contributed by atoms with Gasteiger partial charge in [-0.3, -0.25) is 0 Å². The molecule has 5 nitrogen and oxygen atoms in total. The molecule has 0 fully saturated rings. The van der Waals surface area contributed by atoms with Gasteiger partial charge < -0.3 is 4.42 Å². The SMILES string of the molecule is CC(C)=NNc1oc(C)nc1C#N. The van der Waals surface area contributed by atoms with E-state index in [2.05, 4.69) is 15.5 Å². The molecule has 0 atom stereocenters. The highest BCUT2D eigenvalue weighted by Crippen LogP contribution is 2.15. The van der Waals surface area contributed by atoms with Crippen molar-refractivity contribution in [3.05, 3.63) is 11.6 Å². The number of rotatable bonds is 2. The maximum absolute atomic E-state index is 8.64. The number of oxazole rings is 1. The topological polar surface area (TPSA) is 74.2 Å². The Bertz CT molecular complexity index is 368. The largest absolute Gasteiger partial charge is 0.422 e. The first-order chi connectivity index (χ1) is 6.13. The first kappa shape index (κ1) is 9.26. The van der Waals surface area contributed by atoms with Gasteiger partial charge in [0.15, 0.2) is 5.89 Å². The van der Waals surface area contributed by atoms with Crippen LogP contribution in [0.15, 0.2) is 9.52 Å². The molecular weight excluding hydrogens is 168 g/mol. The molecule has 0 aliphatic carbocycles. The zero-order valence-corrected chi connectivity index (χ0v) is 7.75. The molecule has 1 aromatic heterocycles. The zero-order valence-electron chi connectivity index (χ0n) is 7.75. The summed E-state index contributed by atoms with van der Waals surface area (Å²) in [5.41, 5.74) is 3.69. The van der Waals surface area contributed by atoms with Gasteiger partial charge in [0.25, 0.3) is 5.88 Å². The first-order valence-corrected chi connectivity index (χ1v) is 3.78. The third-order valence-corrected chi connectivity index (χ3v) is 1.22. The van der Waals surface area contributed by atoms with Gasteiger partial charge in [-0.05, 0) is 13.8 Å². The summed E-state index contributed by atoms with van der Waals surface area (Å²) >= 11 is 0. The van der Waals surface area contributed by atoms with Crippen LogP contribution < -0.4 is 5.43 Å². The highest BCUT2D eigenvalue weighted by Gasteiger charge is 2.08. The fourth-order valence-electron chi connectivity index (χ4n) is 0.741. The summed E-state index contributed by atoms with van der Waals surface area (Å²) in [5.74, 6) is 0.740. The van der Waals surface area contributed by atoms with Crippen molar-refractivity contribution in [1.29, 1.82) is 5.26 Å². The molecule has 0 saturated heterocycles. The van der Waals surface area contributed by atoms with Crippen LogP contribution in [-0.2, 0) is 0 Å². The van der Waals surface area contributed by atoms with E-state index in [1.165, 1.54) is 0 Å². The summed E-state index contributed by atoms with van der Waals surface area (Å²) in [6.07, 6.45) is 0. The number of hydrogen-bond acceptors (Lipinski definition) is 5. The number of aryl methyl sites for hydroxylation is 1. The van der Waals surface area contributed by atoms with Crippen molar-refractivity contribution in [1.82, 2.24) is 4.98 Å². The summed E-state index contributed by atoms with van der Waals surface area (Å²) in [7, 11) is 0. The quantitative estimate of drug-likeness (QED) is 0.552. The Morgan fingerprint density at radius 2 is 2.31 bits per heavy atom. The second-order valence-electron chi connectivity index (χ2n) is 2.69. The van der Waals surface area contributed by atoms with E-state index in [9.17, 15) is 0 Å². The van der Waals surface area contributed by atoms with Crippen molar-refractivity contribution >= 4 is 11.6 Å². The molecule has 0 aliphatic heterocycles. The molecule has 0 unspecified atom stereocenters. The fraction of sp³-hybridized carbons (Fsp3) is 0.375. The van der Waals surface area contributed by atoms with Crippen LogP contribution in [0.2, 0.25) is 0 Å². The maximum Gasteiger partial charge on any atom is 0.252 e. The number of aromatic nitrogens is 1. The Hall–Kier alpha value is -1.83. The predicted octanol–water partition coefficient (Wildman–Crippen LogP) is 1.66. The van der Waals surface area contributed by atoms with Gasteiger partial charge in [0.05, 0.1) is 0 Å². The van der Waals surface area contributed by atoms with Crippen molar-refractivity contribution in [2.45, 2.75) is 20.8 Å². The van der Waals surface area contributed by atoms with E-state index in [1.54, 1.807) is 6.92 Å². The average molecular weight is 178 g/mol. The summed E-state index contributed by atoms with van der Waals surface area (Å²) in [6.45, 7) is 5.35. The van der Waals surface area contributed by atoms with Gasteiger partial charge in [0, 0.05) is 12.6 Å². The van der Waals surface area contributed by atoms with Crippen molar-refractivity contribution in [2.24, 2.45) is 5.10 Å². The molecule has 0 amide bonds. The van der Waals surface area contributed by atoms with Crippen LogP contribution >= 0.6 is 0 Å². The van der Waals surface area contributed by atoms with Crippen LogP contribution in [0.3, 0.4) is 0 Å². The van der Waals surface area contributed by atoms with E-state index in [-0.39, 0.29) is 5.69 Å². The Morgan fingerprint density at radius 3 is 2.85 bits per heavy atom. The minimum Gasteiger partial charge on any atom is -0.422 e. The number of nitriles is 1. The van der Waals surface area contributed by atoms with Gasteiger partial charge in [0.1, 0.15) is 6.07 Å². The maximum atomic E-state index is 8.64. The lowest BCUT2D eigenvalue weighted by Crippen LogP contribution is -1.93. The molecule has 1 N–H and O–H groups in total. The minimum absolute atomic E-state index is 0.225. The molecule has 0 aromatic carbocycles. The van der Waals surface area contributed by atoms with Crippen LogP contribution in [0.4, 0.5) is 5.88 Å². The Kier molecular flexibility index (Phi) is 2.65. The lowest BCUT2D eigenvalue weighted by atomic mass is 10.5. The van der Waals surface area contributed by atoms with E-state index >= 15 is 0 Å². The van der Waals surface area contributed by atoms with Crippen LogP contribution in [0, 0.1) is 18.3 Å². The van der Waals surface area contributed by atoms with Crippen LogP contribution in [-0.4, -0.2) is 10.7 Å². The number of hydrogen-bond donors (Lipinski definition) is 1. The summed E-state index contributed by atoms with van der Waals surface area (Å²) in [5, 5.41) is 12.5. The van der Waals surface area contributed by atoms with Crippen molar-refractivity contribution in [3.63, 3.8) is 0 Å². The molecule has 0 bridgehead atoms. The zero-order chi connectivity index (χ0) is 9.84.